The molecular formula is C14H23N5O. The molecule has 6 nitrogen and oxygen atoms in total. The van der Waals surface area contributed by atoms with E-state index in [0.29, 0.717) is 6.54 Å². The topological polar surface area (TPSA) is 84.1 Å². The molecule has 20 heavy (non-hydrogen) atoms. The minimum atomic E-state index is -0.222. The number of hydrogen-bond donors (Lipinski definition) is 2. The normalized spacial score (nSPS) is 18.4. The Bertz CT molecular complexity index is 503. The first kappa shape index (κ1) is 14.6. The second-order valence-electron chi connectivity index (χ2n) is 5.33. The summed E-state index contributed by atoms with van der Waals surface area (Å²) in [6.07, 6.45) is 1.85. The van der Waals surface area contributed by atoms with Crippen LogP contribution in [0.25, 0.3) is 0 Å². The van der Waals surface area contributed by atoms with Crippen LogP contribution in [-0.4, -0.2) is 35.5 Å². The number of anilines is 2. The predicted octanol–water partition coefficient (Wildman–Crippen LogP) is 1.23. The van der Waals surface area contributed by atoms with Crippen LogP contribution in [0.15, 0.2) is 0 Å². The van der Waals surface area contributed by atoms with Crippen molar-refractivity contribution in [2.75, 3.05) is 29.9 Å². The van der Waals surface area contributed by atoms with Crippen molar-refractivity contribution in [3.05, 3.63) is 11.4 Å². The molecule has 1 aromatic heterocycles. The molecule has 3 N–H and O–H groups in total. The number of nitrogens with two attached hydrogens (primary N) is 1. The molecule has 1 aliphatic heterocycles. The van der Waals surface area contributed by atoms with Crippen molar-refractivity contribution in [3.8, 4) is 0 Å². The van der Waals surface area contributed by atoms with Crippen LogP contribution in [-0.2, 0) is 4.79 Å². The van der Waals surface area contributed by atoms with Crippen molar-refractivity contribution in [1.29, 1.82) is 0 Å². The lowest BCUT2D eigenvalue weighted by Crippen LogP contribution is -2.28. The molecule has 0 aliphatic carbocycles. The van der Waals surface area contributed by atoms with E-state index >= 15 is 0 Å². The summed E-state index contributed by atoms with van der Waals surface area (Å²) in [6, 6.07) is 0. The average molecular weight is 277 g/mol. The highest BCUT2D eigenvalue weighted by molar-refractivity contribution is 5.78. The van der Waals surface area contributed by atoms with Crippen molar-refractivity contribution < 1.29 is 4.79 Å². The SMILES string of the molecule is CCCNc1nc(C)nc(N2CCC(C(N)=O)C2)c1C. The Hall–Kier alpha value is -1.85. The van der Waals surface area contributed by atoms with Gasteiger partial charge < -0.3 is 16.0 Å². The molecule has 1 aliphatic rings. The Labute approximate surface area is 119 Å². The van der Waals surface area contributed by atoms with Crippen molar-refractivity contribution in [3.63, 3.8) is 0 Å². The van der Waals surface area contributed by atoms with E-state index < -0.39 is 0 Å². The molecule has 1 amide bonds. The number of nitrogens with one attached hydrogen (secondary N) is 1. The lowest BCUT2D eigenvalue weighted by atomic mass is 10.1. The number of primary amides is 1. The maximum atomic E-state index is 11.3. The largest absolute Gasteiger partial charge is 0.370 e. The lowest BCUT2D eigenvalue weighted by Gasteiger charge is -2.21. The Kier molecular flexibility index (Phi) is 4.42. The summed E-state index contributed by atoms with van der Waals surface area (Å²) in [5.74, 6) is 2.25. The number of aromatic nitrogens is 2. The number of nitrogens with zero attached hydrogens (tertiary/aromatic N) is 3. The summed E-state index contributed by atoms with van der Waals surface area (Å²) in [6.45, 7) is 8.39. The summed E-state index contributed by atoms with van der Waals surface area (Å²) in [7, 11) is 0. The molecule has 2 rings (SSSR count). The minimum absolute atomic E-state index is 0.0725. The van der Waals surface area contributed by atoms with Crippen LogP contribution < -0.4 is 16.0 Å². The standard InChI is InChI=1S/C14H23N5O/c1-4-6-16-13-9(2)14(18-10(3)17-13)19-7-5-11(8-19)12(15)20/h11H,4-8H2,1-3H3,(H2,15,20)(H,16,17,18). The summed E-state index contributed by atoms with van der Waals surface area (Å²) < 4.78 is 0. The van der Waals surface area contributed by atoms with E-state index in [9.17, 15) is 4.79 Å². The summed E-state index contributed by atoms with van der Waals surface area (Å²) in [4.78, 5) is 22.4. The molecule has 1 fully saturated rings. The van der Waals surface area contributed by atoms with Crippen LogP contribution in [0.2, 0.25) is 0 Å². The predicted molar refractivity (Wildman–Crippen MR) is 79.8 cm³/mol. The van der Waals surface area contributed by atoms with Gasteiger partial charge in [0.1, 0.15) is 17.5 Å². The van der Waals surface area contributed by atoms with Crippen LogP contribution >= 0.6 is 0 Å². The Morgan fingerprint density at radius 2 is 2.20 bits per heavy atom. The van der Waals surface area contributed by atoms with Crippen molar-refractivity contribution >= 4 is 17.5 Å². The summed E-state index contributed by atoms with van der Waals surface area (Å²) >= 11 is 0. The van der Waals surface area contributed by atoms with Crippen LogP contribution in [0.1, 0.15) is 31.2 Å². The fraction of sp³-hybridized carbons (Fsp3) is 0.643. The lowest BCUT2D eigenvalue weighted by molar-refractivity contribution is -0.121. The van der Waals surface area contributed by atoms with E-state index in [2.05, 4.69) is 27.1 Å². The fourth-order valence-corrected chi connectivity index (χ4v) is 2.52. The van der Waals surface area contributed by atoms with Gasteiger partial charge in [-0.2, -0.15) is 0 Å². The van der Waals surface area contributed by atoms with E-state index in [-0.39, 0.29) is 11.8 Å². The van der Waals surface area contributed by atoms with Crippen LogP contribution in [0.4, 0.5) is 11.6 Å². The van der Waals surface area contributed by atoms with Crippen LogP contribution in [0.3, 0.4) is 0 Å². The second-order valence-corrected chi connectivity index (χ2v) is 5.33. The molecule has 2 heterocycles. The monoisotopic (exact) mass is 277 g/mol. The minimum Gasteiger partial charge on any atom is -0.370 e. The molecule has 110 valence electrons. The van der Waals surface area contributed by atoms with Crippen molar-refractivity contribution in [2.24, 2.45) is 11.7 Å². The third-order valence-electron chi connectivity index (χ3n) is 3.66. The zero-order valence-corrected chi connectivity index (χ0v) is 12.4. The Balaban J connectivity index is 2.23. The number of rotatable bonds is 5. The van der Waals surface area contributed by atoms with Gasteiger partial charge in [0.2, 0.25) is 5.91 Å². The molecule has 0 spiro atoms. The van der Waals surface area contributed by atoms with Gasteiger partial charge in [-0.05, 0) is 26.7 Å². The van der Waals surface area contributed by atoms with E-state index in [1.165, 1.54) is 0 Å². The van der Waals surface area contributed by atoms with E-state index in [1.54, 1.807) is 0 Å². The molecule has 0 bridgehead atoms. The van der Waals surface area contributed by atoms with Gasteiger partial charge in [-0.1, -0.05) is 6.92 Å². The third kappa shape index (κ3) is 3.00. The fourth-order valence-electron chi connectivity index (χ4n) is 2.52. The van der Waals surface area contributed by atoms with Crippen molar-refractivity contribution in [2.45, 2.75) is 33.6 Å². The van der Waals surface area contributed by atoms with E-state index in [1.807, 2.05) is 13.8 Å². The number of hydrogen-bond acceptors (Lipinski definition) is 5. The maximum Gasteiger partial charge on any atom is 0.222 e. The first-order valence-electron chi connectivity index (χ1n) is 7.16. The third-order valence-corrected chi connectivity index (χ3v) is 3.66. The maximum absolute atomic E-state index is 11.3. The van der Waals surface area contributed by atoms with Gasteiger partial charge in [0, 0.05) is 25.2 Å². The molecule has 6 heteroatoms. The van der Waals surface area contributed by atoms with Gasteiger partial charge in [-0.3, -0.25) is 4.79 Å². The van der Waals surface area contributed by atoms with Crippen molar-refractivity contribution in [1.82, 2.24) is 9.97 Å². The molecule has 0 saturated carbocycles. The summed E-state index contributed by atoms with van der Waals surface area (Å²) in [5.41, 5.74) is 6.43. The summed E-state index contributed by atoms with van der Waals surface area (Å²) in [5, 5.41) is 3.33. The first-order valence-corrected chi connectivity index (χ1v) is 7.16. The quantitative estimate of drug-likeness (QED) is 0.845. The zero-order chi connectivity index (χ0) is 14.7. The first-order chi connectivity index (χ1) is 9.52. The van der Waals surface area contributed by atoms with Gasteiger partial charge in [0.25, 0.3) is 0 Å². The molecule has 0 aromatic carbocycles. The Morgan fingerprint density at radius 1 is 1.45 bits per heavy atom. The zero-order valence-electron chi connectivity index (χ0n) is 12.4. The van der Waals surface area contributed by atoms with E-state index in [4.69, 9.17) is 5.73 Å². The number of carbonyl (C=O) groups excluding carboxylic acids is 1. The highest BCUT2D eigenvalue weighted by Crippen LogP contribution is 2.28. The van der Waals surface area contributed by atoms with Crippen LogP contribution in [0.5, 0.6) is 0 Å². The number of amides is 1. The molecular weight excluding hydrogens is 254 g/mol. The van der Waals surface area contributed by atoms with Gasteiger partial charge >= 0.3 is 0 Å². The van der Waals surface area contributed by atoms with Gasteiger partial charge in [0.05, 0.1) is 5.92 Å². The van der Waals surface area contributed by atoms with E-state index in [0.717, 1.165) is 49.0 Å². The highest BCUT2D eigenvalue weighted by atomic mass is 16.1. The smallest absolute Gasteiger partial charge is 0.222 e. The molecule has 1 unspecified atom stereocenters. The number of carbonyl (C=O) groups is 1. The molecule has 1 saturated heterocycles. The molecule has 1 aromatic rings. The molecule has 0 radical (unpaired) electrons. The van der Waals surface area contributed by atoms with Gasteiger partial charge in [0.15, 0.2) is 0 Å². The second kappa shape index (κ2) is 6.07. The average Bonchev–Trinajstić information content (AvgIpc) is 2.89. The number of aryl methyl sites for hydroxylation is 1. The highest BCUT2D eigenvalue weighted by Gasteiger charge is 2.29. The van der Waals surface area contributed by atoms with Crippen LogP contribution in [0, 0.1) is 19.8 Å². The van der Waals surface area contributed by atoms with Gasteiger partial charge in [-0.25, -0.2) is 9.97 Å². The Morgan fingerprint density at radius 3 is 2.80 bits per heavy atom. The molecule has 1 atom stereocenters. The van der Waals surface area contributed by atoms with Gasteiger partial charge in [-0.15, -0.1) is 0 Å².